The molecule has 0 fully saturated rings. The third kappa shape index (κ3) is 5.79. The van der Waals surface area contributed by atoms with Crippen molar-refractivity contribution in [3.63, 3.8) is 0 Å². The topological polar surface area (TPSA) is 85.8 Å². The molecule has 0 atom stereocenters. The van der Waals surface area contributed by atoms with Gasteiger partial charge in [-0.3, -0.25) is 9.29 Å². The number of carbonyl (C=O) groups excluding carboxylic acids is 1. The second-order valence-corrected chi connectivity index (χ2v) is 10.6. The standard InChI is InChI=1S/C29H25F3N2O5S/c1-19-15-21(24-8-4-5-9-26(24)29(30,31)32)16-25(28(35)39-3)27(19)34(18-20-7-6-14-33-17-20)40(36,37)23-12-10-22(38-2)11-13-23/h4-17H,18H2,1-3H3. The lowest BCUT2D eigenvalue weighted by molar-refractivity contribution is -0.137. The van der Waals surface area contributed by atoms with E-state index in [4.69, 9.17) is 9.47 Å². The quantitative estimate of drug-likeness (QED) is 0.232. The summed E-state index contributed by atoms with van der Waals surface area (Å²) in [7, 11) is -1.75. The highest BCUT2D eigenvalue weighted by atomic mass is 32.2. The highest BCUT2D eigenvalue weighted by Gasteiger charge is 2.35. The first kappa shape index (κ1) is 28.6. The van der Waals surface area contributed by atoms with Gasteiger partial charge in [-0.25, -0.2) is 13.2 Å². The number of methoxy groups -OCH3 is 2. The Bertz CT molecular complexity index is 1620. The number of sulfonamides is 1. The molecule has 4 rings (SSSR count). The summed E-state index contributed by atoms with van der Waals surface area (Å²) >= 11 is 0. The summed E-state index contributed by atoms with van der Waals surface area (Å²) in [6.45, 7) is 1.31. The number of anilines is 1. The smallest absolute Gasteiger partial charge is 0.417 e. The number of carbonyl (C=O) groups is 1. The third-order valence-corrected chi connectivity index (χ3v) is 7.95. The molecular formula is C29H25F3N2O5S. The van der Waals surface area contributed by atoms with Crippen LogP contribution in [0.4, 0.5) is 18.9 Å². The summed E-state index contributed by atoms with van der Waals surface area (Å²) in [5.41, 5.74) is -0.451. The summed E-state index contributed by atoms with van der Waals surface area (Å²) in [6, 6.07) is 16.6. The Kier molecular flexibility index (Phi) is 8.15. The van der Waals surface area contributed by atoms with E-state index in [1.807, 2.05) is 0 Å². The zero-order valence-corrected chi connectivity index (χ0v) is 22.6. The van der Waals surface area contributed by atoms with E-state index < -0.39 is 27.7 Å². The van der Waals surface area contributed by atoms with Gasteiger partial charge in [0.05, 0.1) is 42.5 Å². The van der Waals surface area contributed by atoms with Gasteiger partial charge in [0.15, 0.2) is 0 Å². The lowest BCUT2D eigenvalue weighted by Gasteiger charge is -2.28. The minimum Gasteiger partial charge on any atom is -0.497 e. The maximum absolute atomic E-state index is 14.1. The van der Waals surface area contributed by atoms with Gasteiger partial charge in [0.25, 0.3) is 10.0 Å². The molecule has 3 aromatic carbocycles. The Labute approximate surface area is 229 Å². The van der Waals surface area contributed by atoms with E-state index >= 15 is 0 Å². The molecule has 0 radical (unpaired) electrons. The average Bonchev–Trinajstić information content (AvgIpc) is 2.95. The van der Waals surface area contributed by atoms with E-state index in [0.29, 0.717) is 11.3 Å². The number of pyridine rings is 1. The van der Waals surface area contributed by atoms with Crippen LogP contribution < -0.4 is 9.04 Å². The Morgan fingerprint density at radius 2 is 1.68 bits per heavy atom. The zero-order chi connectivity index (χ0) is 29.1. The number of alkyl halides is 3. The predicted molar refractivity (Wildman–Crippen MR) is 144 cm³/mol. The minimum absolute atomic E-state index is 0.0280. The molecule has 0 aliphatic rings. The molecule has 0 aliphatic carbocycles. The fourth-order valence-electron chi connectivity index (χ4n) is 4.33. The van der Waals surface area contributed by atoms with Crippen molar-refractivity contribution in [3.8, 4) is 16.9 Å². The maximum Gasteiger partial charge on any atom is 0.417 e. The lowest BCUT2D eigenvalue weighted by Crippen LogP contribution is -2.33. The van der Waals surface area contributed by atoms with Crippen LogP contribution in [0.15, 0.2) is 90.1 Å². The van der Waals surface area contributed by atoms with Crippen LogP contribution in [0.2, 0.25) is 0 Å². The SMILES string of the molecule is COC(=O)c1cc(-c2ccccc2C(F)(F)F)cc(C)c1N(Cc1cccnc1)S(=O)(=O)c1ccc(OC)cc1. The normalized spacial score (nSPS) is 11.7. The number of rotatable bonds is 8. The van der Waals surface area contributed by atoms with E-state index in [2.05, 4.69) is 4.98 Å². The molecule has 0 N–H and O–H groups in total. The molecule has 0 bridgehead atoms. The van der Waals surface area contributed by atoms with Crippen LogP contribution in [0.1, 0.15) is 27.0 Å². The first-order valence-electron chi connectivity index (χ1n) is 11.9. The highest BCUT2D eigenvalue weighted by Crippen LogP contribution is 2.41. The van der Waals surface area contributed by atoms with Crippen LogP contribution in [0.5, 0.6) is 5.75 Å². The third-order valence-electron chi connectivity index (χ3n) is 6.20. The first-order chi connectivity index (χ1) is 19.0. The minimum atomic E-state index is -4.65. The van der Waals surface area contributed by atoms with Crippen LogP contribution in [0, 0.1) is 6.92 Å². The van der Waals surface area contributed by atoms with Gasteiger partial charge in [-0.15, -0.1) is 0 Å². The van der Waals surface area contributed by atoms with Gasteiger partial charge in [-0.1, -0.05) is 24.3 Å². The molecule has 0 saturated heterocycles. The van der Waals surface area contributed by atoms with E-state index in [9.17, 15) is 26.4 Å². The molecule has 0 amide bonds. The summed E-state index contributed by atoms with van der Waals surface area (Å²) in [4.78, 5) is 17.0. The van der Waals surface area contributed by atoms with Crippen molar-refractivity contribution in [2.45, 2.75) is 24.5 Å². The molecule has 0 unspecified atom stereocenters. The fraction of sp³-hybridized carbons (Fsp3) is 0.172. The van der Waals surface area contributed by atoms with E-state index in [1.54, 1.807) is 12.1 Å². The Balaban J connectivity index is 1.98. The van der Waals surface area contributed by atoms with E-state index in [0.717, 1.165) is 17.5 Å². The number of esters is 1. The van der Waals surface area contributed by atoms with Crippen molar-refractivity contribution in [2.75, 3.05) is 18.5 Å². The van der Waals surface area contributed by atoms with Crippen LogP contribution in [-0.2, 0) is 27.5 Å². The monoisotopic (exact) mass is 570 g/mol. The van der Waals surface area contributed by atoms with E-state index in [-0.39, 0.29) is 39.4 Å². The second kappa shape index (κ2) is 11.4. The average molecular weight is 571 g/mol. The van der Waals surface area contributed by atoms with E-state index in [1.165, 1.54) is 81.0 Å². The summed E-state index contributed by atoms with van der Waals surface area (Å²) in [5.74, 6) is -0.470. The molecule has 4 aromatic rings. The van der Waals surface area contributed by atoms with Crippen molar-refractivity contribution in [1.29, 1.82) is 0 Å². The molecule has 1 aromatic heterocycles. The summed E-state index contributed by atoms with van der Waals surface area (Å²) in [6.07, 6.45) is -1.64. The largest absolute Gasteiger partial charge is 0.497 e. The number of aryl methyl sites for hydroxylation is 1. The molecular weight excluding hydrogens is 545 g/mol. The molecule has 40 heavy (non-hydrogen) atoms. The zero-order valence-electron chi connectivity index (χ0n) is 21.8. The summed E-state index contributed by atoms with van der Waals surface area (Å²) in [5, 5.41) is 0. The summed E-state index contributed by atoms with van der Waals surface area (Å²) < 4.78 is 80.7. The van der Waals surface area contributed by atoms with Gasteiger partial charge in [0, 0.05) is 12.4 Å². The van der Waals surface area contributed by atoms with Gasteiger partial charge in [0.1, 0.15) is 5.75 Å². The number of hydrogen-bond donors (Lipinski definition) is 0. The predicted octanol–water partition coefficient (Wildman–Crippen LogP) is 6.27. The van der Waals surface area contributed by atoms with Gasteiger partial charge >= 0.3 is 12.1 Å². The fourth-order valence-corrected chi connectivity index (χ4v) is 5.87. The number of ether oxygens (including phenoxy) is 2. The second-order valence-electron chi connectivity index (χ2n) is 8.77. The van der Waals surface area contributed by atoms with Crippen LogP contribution in [-0.4, -0.2) is 33.6 Å². The van der Waals surface area contributed by atoms with Crippen molar-refractivity contribution >= 4 is 21.7 Å². The first-order valence-corrected chi connectivity index (χ1v) is 13.4. The van der Waals surface area contributed by atoms with Gasteiger partial charge in [0.2, 0.25) is 0 Å². The number of hydrogen-bond acceptors (Lipinski definition) is 6. The Morgan fingerprint density at radius 3 is 2.27 bits per heavy atom. The maximum atomic E-state index is 14.1. The van der Waals surface area contributed by atoms with Crippen LogP contribution in [0.3, 0.4) is 0 Å². The number of halogens is 3. The number of nitrogens with zero attached hydrogens (tertiary/aromatic N) is 2. The van der Waals surface area contributed by atoms with Crippen molar-refractivity contribution in [3.05, 3.63) is 107 Å². The Hall–Kier alpha value is -4.38. The number of aromatic nitrogens is 1. The van der Waals surface area contributed by atoms with Crippen molar-refractivity contribution in [1.82, 2.24) is 4.98 Å². The van der Waals surface area contributed by atoms with Crippen molar-refractivity contribution < 1.29 is 35.9 Å². The molecule has 208 valence electrons. The molecule has 1 heterocycles. The highest BCUT2D eigenvalue weighted by molar-refractivity contribution is 7.92. The molecule has 7 nitrogen and oxygen atoms in total. The lowest BCUT2D eigenvalue weighted by atomic mass is 9.94. The van der Waals surface area contributed by atoms with Crippen LogP contribution in [0.25, 0.3) is 11.1 Å². The molecule has 0 saturated carbocycles. The Morgan fingerprint density at radius 1 is 0.975 bits per heavy atom. The molecule has 0 aliphatic heterocycles. The van der Waals surface area contributed by atoms with Crippen LogP contribution >= 0.6 is 0 Å². The van der Waals surface area contributed by atoms with Gasteiger partial charge in [-0.2, -0.15) is 13.2 Å². The molecule has 11 heteroatoms. The van der Waals surface area contributed by atoms with Crippen molar-refractivity contribution in [2.24, 2.45) is 0 Å². The van der Waals surface area contributed by atoms with Gasteiger partial charge in [-0.05, 0) is 77.7 Å². The molecule has 0 spiro atoms. The van der Waals surface area contributed by atoms with Gasteiger partial charge < -0.3 is 9.47 Å². The number of benzene rings is 3.